The topological polar surface area (TPSA) is 172 Å². The van der Waals surface area contributed by atoms with Crippen molar-refractivity contribution >= 4 is 25.7 Å². The van der Waals surface area contributed by atoms with Crippen molar-refractivity contribution in [1.29, 1.82) is 0 Å². The van der Waals surface area contributed by atoms with Crippen LogP contribution < -0.4 is 5.73 Å². The summed E-state index contributed by atoms with van der Waals surface area (Å²) in [4.78, 5) is 45.8. The number of unbranched alkanes of at least 4 members (excludes halogenated alkanes) is 9. The number of esters is 2. The second-order valence-electron chi connectivity index (χ2n) is 13.1. The Labute approximate surface area is 336 Å². The van der Waals surface area contributed by atoms with Crippen LogP contribution in [0.5, 0.6) is 0 Å². The van der Waals surface area contributed by atoms with Crippen molar-refractivity contribution in [2.45, 2.75) is 142 Å². The number of phosphoric acid groups is 1. The SMILES string of the molecule is CC/C=C/C=C/C=C/C=C/CCCCCC(=O)OC(COC(=O)CCCCCCCC/C=C/C/C=C/C/C=C/C/C=C/CC)COP(=O)(O)OC[C@@H](N)C(=O)O. The molecule has 0 aliphatic heterocycles. The number of allylic oxidation sites excluding steroid dienone is 16. The van der Waals surface area contributed by atoms with Gasteiger partial charge in [-0.25, -0.2) is 4.57 Å². The lowest BCUT2D eigenvalue weighted by Crippen LogP contribution is -2.34. The second kappa shape index (κ2) is 38.3. The van der Waals surface area contributed by atoms with Gasteiger partial charge in [-0.15, -0.1) is 0 Å². The number of carbonyl (C=O) groups excluding carboxylic acids is 2. The number of rotatable bonds is 36. The quantitative estimate of drug-likeness (QED) is 0.0181. The molecule has 0 heterocycles. The molecule has 316 valence electrons. The van der Waals surface area contributed by atoms with E-state index in [9.17, 15) is 23.8 Å². The molecule has 0 aliphatic carbocycles. The first-order valence-electron chi connectivity index (χ1n) is 20.3. The standard InChI is InChI=1S/C44H70NO10P/c1-3-5-7-9-11-13-15-17-18-19-20-21-22-24-25-27-29-31-33-35-42(46)52-37-40(38-53-56(50,51)54-39-41(45)44(48)49)55-43(47)36-34-32-30-28-26-23-16-14-12-10-8-6-4-2/h5-8,10-14,16-18,20-21,23,26,40-41H,3-4,9,15,19,22,24-25,27-39,45H2,1-2H3,(H,48,49)(H,50,51)/b7-5+,8-6+,12-10+,13-11+,16-14+,18-17+,21-20+,26-23+/t40?,41-/m1/s1. The van der Waals surface area contributed by atoms with Gasteiger partial charge < -0.3 is 25.2 Å². The first kappa shape index (κ1) is 52.4. The fraction of sp³-hybridized carbons (Fsp3) is 0.568. The van der Waals surface area contributed by atoms with E-state index in [0.29, 0.717) is 12.8 Å². The van der Waals surface area contributed by atoms with E-state index in [2.05, 4.69) is 79.1 Å². The molecule has 11 nitrogen and oxygen atoms in total. The van der Waals surface area contributed by atoms with Gasteiger partial charge >= 0.3 is 25.7 Å². The number of ether oxygens (including phenoxy) is 2. The molecule has 12 heteroatoms. The van der Waals surface area contributed by atoms with E-state index < -0.39 is 51.1 Å². The Morgan fingerprint density at radius 1 is 0.571 bits per heavy atom. The van der Waals surface area contributed by atoms with Crippen LogP contribution in [0.15, 0.2) is 97.2 Å². The monoisotopic (exact) mass is 803 g/mol. The lowest BCUT2D eigenvalue weighted by atomic mass is 10.1. The molecule has 0 aromatic carbocycles. The molecule has 0 fully saturated rings. The number of aliphatic carboxylic acids is 1. The first-order valence-corrected chi connectivity index (χ1v) is 21.8. The molecule has 0 radical (unpaired) electrons. The number of phosphoric ester groups is 1. The molecule has 56 heavy (non-hydrogen) atoms. The molecule has 0 aliphatic rings. The summed E-state index contributed by atoms with van der Waals surface area (Å²) in [5.41, 5.74) is 5.32. The lowest BCUT2D eigenvalue weighted by molar-refractivity contribution is -0.161. The molecule has 0 bridgehead atoms. The number of carboxylic acid groups (broad SMARTS) is 1. The van der Waals surface area contributed by atoms with Gasteiger partial charge in [-0.05, 0) is 70.6 Å². The van der Waals surface area contributed by atoms with Crippen molar-refractivity contribution < 1.29 is 47.5 Å². The first-order chi connectivity index (χ1) is 27.1. The summed E-state index contributed by atoms with van der Waals surface area (Å²) in [6.07, 6.45) is 47.6. The average molecular weight is 804 g/mol. The van der Waals surface area contributed by atoms with Gasteiger partial charge in [0.2, 0.25) is 0 Å². The fourth-order valence-electron chi connectivity index (χ4n) is 4.77. The van der Waals surface area contributed by atoms with Crippen LogP contribution in [-0.2, 0) is 37.5 Å². The molecule has 0 saturated heterocycles. The van der Waals surface area contributed by atoms with E-state index in [0.717, 1.165) is 89.9 Å². The van der Waals surface area contributed by atoms with Crippen molar-refractivity contribution in [1.82, 2.24) is 0 Å². The highest BCUT2D eigenvalue weighted by molar-refractivity contribution is 7.47. The van der Waals surface area contributed by atoms with Crippen molar-refractivity contribution in [2.24, 2.45) is 5.73 Å². The van der Waals surface area contributed by atoms with Gasteiger partial charge in [0.05, 0.1) is 13.2 Å². The zero-order valence-electron chi connectivity index (χ0n) is 33.9. The van der Waals surface area contributed by atoms with Gasteiger partial charge in [-0.2, -0.15) is 0 Å². The Bertz CT molecular complexity index is 1310. The van der Waals surface area contributed by atoms with Crippen LogP contribution in [0.1, 0.15) is 129 Å². The van der Waals surface area contributed by atoms with E-state index in [1.165, 1.54) is 0 Å². The van der Waals surface area contributed by atoms with E-state index in [1.54, 1.807) is 0 Å². The van der Waals surface area contributed by atoms with Crippen LogP contribution in [0.3, 0.4) is 0 Å². The summed E-state index contributed by atoms with van der Waals surface area (Å²) in [5, 5.41) is 8.87. The van der Waals surface area contributed by atoms with Crippen LogP contribution in [0.25, 0.3) is 0 Å². The van der Waals surface area contributed by atoms with Crippen molar-refractivity contribution in [3.8, 4) is 0 Å². The highest BCUT2D eigenvalue weighted by Crippen LogP contribution is 2.43. The summed E-state index contributed by atoms with van der Waals surface area (Å²) in [5.74, 6) is -2.47. The Kier molecular flexibility index (Phi) is 35.8. The van der Waals surface area contributed by atoms with Crippen LogP contribution in [0.2, 0.25) is 0 Å². The molecular weight excluding hydrogens is 733 g/mol. The maximum atomic E-state index is 12.6. The minimum absolute atomic E-state index is 0.105. The van der Waals surface area contributed by atoms with Gasteiger partial charge in [-0.3, -0.25) is 23.4 Å². The average Bonchev–Trinajstić information content (AvgIpc) is 3.17. The van der Waals surface area contributed by atoms with Gasteiger partial charge in [0.25, 0.3) is 0 Å². The predicted octanol–water partition coefficient (Wildman–Crippen LogP) is 10.5. The van der Waals surface area contributed by atoms with Crippen molar-refractivity contribution in [3.63, 3.8) is 0 Å². The third-order valence-electron chi connectivity index (χ3n) is 7.92. The molecule has 0 aromatic rings. The van der Waals surface area contributed by atoms with Crippen LogP contribution >= 0.6 is 7.82 Å². The van der Waals surface area contributed by atoms with Gasteiger partial charge in [0, 0.05) is 12.8 Å². The predicted molar refractivity (Wildman–Crippen MR) is 226 cm³/mol. The summed E-state index contributed by atoms with van der Waals surface area (Å²) < 4.78 is 32.6. The summed E-state index contributed by atoms with van der Waals surface area (Å²) in [6.45, 7) is 2.46. The third kappa shape index (κ3) is 37.3. The second-order valence-corrected chi connectivity index (χ2v) is 14.5. The minimum atomic E-state index is -4.73. The van der Waals surface area contributed by atoms with Gasteiger partial charge in [0.15, 0.2) is 6.10 Å². The highest BCUT2D eigenvalue weighted by atomic mass is 31.2. The largest absolute Gasteiger partial charge is 0.480 e. The molecule has 4 N–H and O–H groups in total. The normalized spacial score (nSPS) is 14.8. The molecule has 0 saturated carbocycles. The van der Waals surface area contributed by atoms with E-state index in [1.807, 2.05) is 36.5 Å². The molecule has 0 aromatic heterocycles. The van der Waals surface area contributed by atoms with Gasteiger partial charge in [-0.1, -0.05) is 143 Å². The van der Waals surface area contributed by atoms with Crippen LogP contribution in [-0.4, -0.2) is 59.9 Å². The van der Waals surface area contributed by atoms with Crippen LogP contribution in [0.4, 0.5) is 0 Å². The number of carboxylic acids is 1. The number of nitrogens with two attached hydrogens (primary N) is 1. The molecule has 2 unspecified atom stereocenters. The smallest absolute Gasteiger partial charge is 0.472 e. The maximum Gasteiger partial charge on any atom is 0.472 e. The summed E-state index contributed by atoms with van der Waals surface area (Å²) in [6, 6.07) is -1.54. The maximum absolute atomic E-state index is 12.6. The lowest BCUT2D eigenvalue weighted by Gasteiger charge is -2.20. The molecule has 0 rings (SSSR count). The zero-order chi connectivity index (χ0) is 41.4. The highest BCUT2D eigenvalue weighted by Gasteiger charge is 2.28. The van der Waals surface area contributed by atoms with Gasteiger partial charge in [0.1, 0.15) is 12.6 Å². The third-order valence-corrected chi connectivity index (χ3v) is 8.87. The number of hydrogen-bond acceptors (Lipinski definition) is 9. The Hall–Kier alpha value is -3.60. The molecule has 0 amide bonds. The summed E-state index contributed by atoms with van der Waals surface area (Å²) in [7, 11) is -4.73. The van der Waals surface area contributed by atoms with Crippen LogP contribution in [0, 0.1) is 0 Å². The molecule has 3 atom stereocenters. The number of hydrogen-bond donors (Lipinski definition) is 3. The zero-order valence-corrected chi connectivity index (χ0v) is 34.8. The fourth-order valence-corrected chi connectivity index (χ4v) is 5.55. The molecule has 0 spiro atoms. The van der Waals surface area contributed by atoms with E-state index >= 15 is 0 Å². The Morgan fingerprint density at radius 2 is 1.04 bits per heavy atom. The van der Waals surface area contributed by atoms with Crippen molar-refractivity contribution in [3.05, 3.63) is 97.2 Å². The minimum Gasteiger partial charge on any atom is -0.480 e. The summed E-state index contributed by atoms with van der Waals surface area (Å²) >= 11 is 0. The Balaban J connectivity index is 4.47. The molecular formula is C44H70NO10P. The van der Waals surface area contributed by atoms with E-state index in [-0.39, 0.29) is 19.4 Å². The number of carbonyl (C=O) groups is 3. The van der Waals surface area contributed by atoms with Crippen molar-refractivity contribution in [2.75, 3.05) is 19.8 Å². The van der Waals surface area contributed by atoms with E-state index in [4.69, 9.17) is 24.8 Å². The Morgan fingerprint density at radius 3 is 1.64 bits per heavy atom.